The van der Waals surface area contributed by atoms with E-state index in [0.29, 0.717) is 0 Å². The molecule has 24 heavy (non-hydrogen) atoms. The van der Waals surface area contributed by atoms with Gasteiger partial charge < -0.3 is 0 Å². The van der Waals surface area contributed by atoms with E-state index < -0.39 is 23.4 Å². The quantitative estimate of drug-likeness (QED) is 0.591. The van der Waals surface area contributed by atoms with Crippen molar-refractivity contribution in [1.82, 2.24) is 0 Å². The molecule has 0 fully saturated rings. The van der Waals surface area contributed by atoms with Crippen molar-refractivity contribution in [2.24, 2.45) is 0 Å². The average molecular weight is 394 g/mol. The van der Waals surface area contributed by atoms with E-state index in [1.807, 2.05) is 30.3 Å². The van der Waals surface area contributed by atoms with E-state index in [1.54, 1.807) is 0 Å². The molecule has 0 bridgehead atoms. The van der Waals surface area contributed by atoms with Crippen LogP contribution in [0.3, 0.4) is 0 Å². The Hall–Kier alpha value is -1.96. The van der Waals surface area contributed by atoms with Gasteiger partial charge >= 0.3 is 149 Å². The van der Waals surface area contributed by atoms with Crippen LogP contribution in [0.15, 0.2) is 78.9 Å². The van der Waals surface area contributed by atoms with Crippen LogP contribution in [0.1, 0.15) is 0 Å². The summed E-state index contributed by atoms with van der Waals surface area (Å²) in [5.74, 6) is 1.99. The van der Waals surface area contributed by atoms with Gasteiger partial charge in [0.1, 0.15) is 0 Å². The van der Waals surface area contributed by atoms with Crippen molar-refractivity contribution in [3.63, 3.8) is 0 Å². The molecule has 1 aliphatic rings. The molecule has 0 radical (unpaired) electrons. The molecule has 0 aliphatic carbocycles. The standard InChI is InChI=1S/C20H19AsO2Si/c1-24(2)19-14-8-6-12-17(19)22-21(16-10-4-3-5-11-16)23-18-13-7-9-15-20(18)24/h3-15H,1-2H3. The van der Waals surface area contributed by atoms with Crippen LogP contribution in [0.2, 0.25) is 13.1 Å². The number of fused-ring (bicyclic) bond motifs is 2. The van der Waals surface area contributed by atoms with Crippen LogP contribution >= 0.6 is 0 Å². The molecule has 0 spiro atoms. The summed E-state index contributed by atoms with van der Waals surface area (Å²) in [5.41, 5.74) is 0. The van der Waals surface area contributed by atoms with Gasteiger partial charge in [0.15, 0.2) is 0 Å². The van der Waals surface area contributed by atoms with Crippen molar-refractivity contribution in [3.8, 4) is 11.5 Å². The molecule has 0 saturated heterocycles. The van der Waals surface area contributed by atoms with Crippen molar-refractivity contribution in [1.29, 1.82) is 0 Å². The molecule has 0 saturated carbocycles. The van der Waals surface area contributed by atoms with E-state index in [0.717, 1.165) is 15.9 Å². The van der Waals surface area contributed by atoms with Crippen LogP contribution in [0.25, 0.3) is 0 Å². The number of rotatable bonds is 1. The number of hydrogen-bond donors (Lipinski definition) is 0. The number of benzene rings is 3. The fourth-order valence-electron chi connectivity index (χ4n) is 3.12. The summed E-state index contributed by atoms with van der Waals surface area (Å²) >= 11 is -2.15. The molecule has 0 aromatic heterocycles. The first kappa shape index (κ1) is 15.6. The van der Waals surface area contributed by atoms with Crippen LogP contribution in [-0.4, -0.2) is 23.4 Å². The zero-order valence-corrected chi connectivity index (χ0v) is 16.6. The van der Waals surface area contributed by atoms with Gasteiger partial charge in [0.25, 0.3) is 0 Å². The van der Waals surface area contributed by atoms with Gasteiger partial charge in [-0.2, -0.15) is 0 Å². The molecule has 120 valence electrons. The van der Waals surface area contributed by atoms with E-state index in [1.165, 1.54) is 10.4 Å². The zero-order valence-electron chi connectivity index (χ0n) is 13.8. The second kappa shape index (κ2) is 6.16. The predicted octanol–water partition coefficient (Wildman–Crippen LogP) is 2.68. The number of para-hydroxylation sites is 2. The Labute approximate surface area is 149 Å². The van der Waals surface area contributed by atoms with E-state index in [-0.39, 0.29) is 0 Å². The first-order valence-corrected chi connectivity index (χ1v) is 13.5. The van der Waals surface area contributed by atoms with Gasteiger partial charge in [-0.05, 0) is 0 Å². The predicted molar refractivity (Wildman–Crippen MR) is 103 cm³/mol. The zero-order chi connectivity index (χ0) is 16.6. The van der Waals surface area contributed by atoms with Gasteiger partial charge in [0.2, 0.25) is 0 Å². The second-order valence-electron chi connectivity index (χ2n) is 6.39. The minimum atomic E-state index is -2.15. The summed E-state index contributed by atoms with van der Waals surface area (Å²) in [6.45, 7) is 4.73. The Morgan fingerprint density at radius 1 is 0.625 bits per heavy atom. The van der Waals surface area contributed by atoms with Crippen LogP contribution in [-0.2, 0) is 0 Å². The van der Waals surface area contributed by atoms with Gasteiger partial charge in [-0.25, -0.2) is 0 Å². The Balaban J connectivity index is 1.91. The molecule has 3 aromatic carbocycles. The molecule has 3 aromatic rings. The van der Waals surface area contributed by atoms with Gasteiger partial charge in [-0.3, -0.25) is 0 Å². The van der Waals surface area contributed by atoms with Crippen molar-refractivity contribution in [2.45, 2.75) is 13.1 Å². The van der Waals surface area contributed by atoms with Crippen LogP contribution in [0, 0.1) is 0 Å². The third-order valence-corrected chi connectivity index (χ3v) is 11.0. The second-order valence-corrected chi connectivity index (χ2v) is 13.6. The Bertz CT molecular complexity index is 813. The molecule has 0 unspecified atom stereocenters. The Kier molecular flexibility index (Phi) is 3.99. The minimum absolute atomic E-state index is 0.993. The topological polar surface area (TPSA) is 18.5 Å². The molecule has 0 amide bonds. The van der Waals surface area contributed by atoms with E-state index in [9.17, 15) is 0 Å². The summed E-state index contributed by atoms with van der Waals surface area (Å²) in [5, 5.41) is 2.69. The van der Waals surface area contributed by atoms with E-state index >= 15 is 0 Å². The summed E-state index contributed by atoms with van der Waals surface area (Å²) in [6, 6.07) is 27.3. The molecule has 4 rings (SSSR count). The first-order valence-electron chi connectivity index (χ1n) is 8.06. The third-order valence-electron chi connectivity index (χ3n) is 4.45. The monoisotopic (exact) mass is 394 g/mol. The van der Waals surface area contributed by atoms with E-state index in [2.05, 4.69) is 61.6 Å². The van der Waals surface area contributed by atoms with Crippen molar-refractivity contribution < 1.29 is 7.45 Å². The molecule has 1 heterocycles. The fraction of sp³-hybridized carbons (Fsp3) is 0.100. The molecule has 0 atom stereocenters. The third kappa shape index (κ3) is 2.68. The first-order chi connectivity index (χ1) is 11.7. The van der Waals surface area contributed by atoms with Crippen molar-refractivity contribution >= 4 is 38.1 Å². The SMILES string of the molecule is C[Si]1(C)c2ccccc2O[As](c2ccccc2)Oc2ccccc21. The maximum absolute atomic E-state index is 6.47. The molecular formula is C20H19AsO2Si. The van der Waals surface area contributed by atoms with Crippen LogP contribution in [0.4, 0.5) is 0 Å². The van der Waals surface area contributed by atoms with Crippen LogP contribution in [0.5, 0.6) is 11.5 Å². The Morgan fingerprint density at radius 2 is 1.08 bits per heavy atom. The van der Waals surface area contributed by atoms with Crippen molar-refractivity contribution in [2.75, 3.05) is 0 Å². The van der Waals surface area contributed by atoms with Gasteiger partial charge in [-0.15, -0.1) is 0 Å². The average Bonchev–Trinajstić information content (AvgIpc) is 2.61. The van der Waals surface area contributed by atoms with Gasteiger partial charge in [0.05, 0.1) is 0 Å². The number of hydrogen-bond acceptors (Lipinski definition) is 2. The van der Waals surface area contributed by atoms with Gasteiger partial charge in [0, 0.05) is 0 Å². The van der Waals surface area contributed by atoms with Gasteiger partial charge in [-0.1, -0.05) is 0 Å². The molecular weight excluding hydrogens is 375 g/mol. The van der Waals surface area contributed by atoms with E-state index in [4.69, 9.17) is 7.45 Å². The normalized spacial score (nSPS) is 15.9. The van der Waals surface area contributed by atoms with Crippen LogP contribution < -0.4 is 22.2 Å². The van der Waals surface area contributed by atoms with Crippen molar-refractivity contribution in [3.05, 3.63) is 78.9 Å². The summed E-state index contributed by atoms with van der Waals surface area (Å²) < 4.78 is 14.1. The maximum atomic E-state index is 6.47. The summed E-state index contributed by atoms with van der Waals surface area (Å²) in [4.78, 5) is 0. The summed E-state index contributed by atoms with van der Waals surface area (Å²) in [6.07, 6.45) is 0. The molecule has 0 N–H and O–H groups in total. The molecule has 2 nitrogen and oxygen atoms in total. The molecule has 1 aliphatic heterocycles. The molecule has 4 heteroatoms. The summed E-state index contributed by atoms with van der Waals surface area (Å²) in [7, 11) is -1.87. The fourth-order valence-corrected chi connectivity index (χ4v) is 9.12. The Morgan fingerprint density at radius 3 is 1.62 bits per heavy atom.